The first-order valence-electron chi connectivity index (χ1n) is 10.1. The van der Waals surface area contributed by atoms with Crippen molar-refractivity contribution < 1.29 is 4.58 Å². The summed E-state index contributed by atoms with van der Waals surface area (Å²) in [5.74, 6) is 0. The van der Waals surface area contributed by atoms with Gasteiger partial charge in [-0.3, -0.25) is 9.48 Å². The first-order chi connectivity index (χ1) is 13.6. The van der Waals surface area contributed by atoms with Crippen molar-refractivity contribution in [3.8, 4) is 0 Å². The normalized spacial score (nSPS) is 13.9. The number of aryl methyl sites for hydroxylation is 3. The topological polar surface area (TPSA) is 6.25 Å². The molecule has 0 saturated carbocycles. The van der Waals surface area contributed by atoms with E-state index in [1.165, 1.54) is 33.4 Å². The molecular weight excluding hydrogens is 340 g/mol. The highest BCUT2D eigenvalue weighted by Crippen LogP contribution is 2.29. The third kappa shape index (κ3) is 3.87. The summed E-state index contributed by atoms with van der Waals surface area (Å²) < 4.78 is 2.46. The quantitative estimate of drug-likeness (QED) is 0.556. The van der Waals surface area contributed by atoms with Crippen molar-refractivity contribution in [3.05, 3.63) is 106 Å². The minimum Gasteiger partial charge on any atom is -0.260 e. The van der Waals surface area contributed by atoms with Gasteiger partial charge >= 0.3 is 0 Å². The molecule has 0 amide bonds. The van der Waals surface area contributed by atoms with Gasteiger partial charge in [0.25, 0.3) is 0 Å². The van der Waals surface area contributed by atoms with Gasteiger partial charge in [0.05, 0.1) is 0 Å². The van der Waals surface area contributed by atoms with Crippen LogP contribution in [0.1, 0.15) is 39.4 Å². The zero-order valence-corrected chi connectivity index (χ0v) is 17.1. The van der Waals surface area contributed by atoms with Gasteiger partial charge in [0.1, 0.15) is 25.7 Å². The first kappa shape index (κ1) is 18.5. The van der Waals surface area contributed by atoms with Gasteiger partial charge in [0, 0.05) is 11.1 Å². The summed E-state index contributed by atoms with van der Waals surface area (Å²) in [7, 11) is 0. The van der Waals surface area contributed by atoms with Crippen molar-refractivity contribution in [1.29, 1.82) is 0 Å². The van der Waals surface area contributed by atoms with Gasteiger partial charge in [0.15, 0.2) is 0 Å². The highest BCUT2D eigenvalue weighted by molar-refractivity contribution is 5.54. The second-order valence-corrected chi connectivity index (χ2v) is 7.92. The second kappa shape index (κ2) is 8.02. The van der Waals surface area contributed by atoms with Crippen LogP contribution < -0.4 is 0 Å². The molecule has 0 aromatic heterocycles. The van der Waals surface area contributed by atoms with E-state index >= 15 is 0 Å². The van der Waals surface area contributed by atoms with Crippen LogP contribution in [0.15, 0.2) is 72.8 Å². The number of benzene rings is 3. The Morgan fingerprint density at radius 2 is 1.36 bits per heavy atom. The zero-order valence-electron chi connectivity index (χ0n) is 17.1. The number of hydrogen-bond donors (Lipinski definition) is 0. The standard InChI is InChI=1S/C26H29N2/c1-20-16-21(2)25(22(3)17-20)18-27-14-15-28(19-27)26(23-10-6-4-7-11-23)24-12-8-5-9-13-24/h4-13,16-17,19,26H,14-15,18H2,1-3H3/q+1. The zero-order chi connectivity index (χ0) is 19.5. The molecule has 0 N–H and O–H groups in total. The van der Waals surface area contributed by atoms with Crippen LogP contribution >= 0.6 is 0 Å². The third-order valence-corrected chi connectivity index (χ3v) is 5.72. The maximum atomic E-state index is 2.49. The molecule has 3 aromatic carbocycles. The van der Waals surface area contributed by atoms with Gasteiger partial charge < -0.3 is 0 Å². The fourth-order valence-corrected chi connectivity index (χ4v) is 4.39. The summed E-state index contributed by atoms with van der Waals surface area (Å²) in [6, 6.07) is 26.5. The van der Waals surface area contributed by atoms with Crippen LogP contribution in [0, 0.1) is 20.8 Å². The van der Waals surface area contributed by atoms with Gasteiger partial charge in [-0.15, -0.1) is 0 Å². The molecular formula is C26H29N2+. The van der Waals surface area contributed by atoms with Crippen LogP contribution in [-0.4, -0.2) is 28.9 Å². The molecule has 0 bridgehead atoms. The Morgan fingerprint density at radius 1 is 0.821 bits per heavy atom. The van der Waals surface area contributed by atoms with Gasteiger partial charge in [-0.2, -0.15) is 0 Å². The summed E-state index contributed by atoms with van der Waals surface area (Å²) in [5, 5.41) is 0. The Labute approximate surface area is 168 Å². The van der Waals surface area contributed by atoms with Crippen LogP contribution in [0.4, 0.5) is 0 Å². The molecule has 0 radical (unpaired) electrons. The van der Waals surface area contributed by atoms with E-state index < -0.39 is 0 Å². The van der Waals surface area contributed by atoms with Crippen LogP contribution in [0.5, 0.6) is 0 Å². The van der Waals surface area contributed by atoms with Gasteiger partial charge in [-0.05, 0) is 37.5 Å². The van der Waals surface area contributed by atoms with E-state index in [9.17, 15) is 0 Å². The molecule has 0 atom stereocenters. The Bertz CT molecular complexity index is 911. The molecule has 142 valence electrons. The van der Waals surface area contributed by atoms with Crippen molar-refractivity contribution in [2.24, 2.45) is 0 Å². The Hall–Kier alpha value is -2.87. The van der Waals surface area contributed by atoms with E-state index in [1.807, 2.05) is 0 Å². The Balaban J connectivity index is 1.64. The summed E-state index contributed by atoms with van der Waals surface area (Å²) in [6.45, 7) is 9.73. The smallest absolute Gasteiger partial charge is 0.235 e. The van der Waals surface area contributed by atoms with Gasteiger partial charge in [0.2, 0.25) is 6.34 Å². The van der Waals surface area contributed by atoms with Crippen molar-refractivity contribution in [2.75, 3.05) is 13.1 Å². The third-order valence-electron chi connectivity index (χ3n) is 5.72. The summed E-state index contributed by atoms with van der Waals surface area (Å²) in [4.78, 5) is 2.49. The summed E-state index contributed by atoms with van der Waals surface area (Å²) >= 11 is 0. The Kier molecular flexibility index (Phi) is 5.29. The molecule has 1 aliphatic rings. The van der Waals surface area contributed by atoms with Crippen molar-refractivity contribution in [2.45, 2.75) is 33.4 Å². The average molecular weight is 370 g/mol. The Morgan fingerprint density at radius 3 is 1.89 bits per heavy atom. The molecule has 0 saturated heterocycles. The van der Waals surface area contributed by atoms with Crippen molar-refractivity contribution in [1.82, 2.24) is 4.90 Å². The molecule has 0 unspecified atom stereocenters. The SMILES string of the molecule is Cc1cc(C)c(C[N+]2=CN(C(c3ccccc3)c3ccccc3)CC2)c(C)c1. The molecule has 0 fully saturated rings. The van der Waals surface area contributed by atoms with Crippen LogP contribution in [0.25, 0.3) is 0 Å². The van der Waals surface area contributed by atoms with E-state index in [-0.39, 0.29) is 6.04 Å². The van der Waals surface area contributed by atoms with Crippen molar-refractivity contribution in [3.63, 3.8) is 0 Å². The maximum absolute atomic E-state index is 2.49. The van der Waals surface area contributed by atoms with Crippen LogP contribution in [0.3, 0.4) is 0 Å². The lowest BCUT2D eigenvalue weighted by atomic mass is 9.97. The molecule has 0 spiro atoms. The molecule has 3 aromatic rings. The lowest BCUT2D eigenvalue weighted by Crippen LogP contribution is -2.26. The van der Waals surface area contributed by atoms with Crippen LogP contribution in [0.2, 0.25) is 0 Å². The van der Waals surface area contributed by atoms with E-state index in [1.54, 1.807) is 0 Å². The largest absolute Gasteiger partial charge is 0.260 e. The first-order valence-corrected chi connectivity index (χ1v) is 10.1. The minimum atomic E-state index is 0.257. The van der Waals surface area contributed by atoms with Crippen molar-refractivity contribution >= 4 is 6.34 Å². The number of rotatable bonds is 5. The lowest BCUT2D eigenvalue weighted by molar-refractivity contribution is -0.530. The minimum absolute atomic E-state index is 0.257. The summed E-state index contributed by atoms with van der Waals surface area (Å²) in [5.41, 5.74) is 8.28. The van der Waals surface area contributed by atoms with Crippen LogP contribution in [-0.2, 0) is 6.54 Å². The predicted molar refractivity (Wildman–Crippen MR) is 117 cm³/mol. The van der Waals surface area contributed by atoms with E-state index in [4.69, 9.17) is 0 Å². The molecule has 28 heavy (non-hydrogen) atoms. The van der Waals surface area contributed by atoms with E-state index in [2.05, 4.69) is 109 Å². The number of nitrogens with zero attached hydrogens (tertiary/aromatic N) is 2. The fraction of sp³-hybridized carbons (Fsp3) is 0.269. The maximum Gasteiger partial charge on any atom is 0.235 e. The lowest BCUT2D eigenvalue weighted by Gasteiger charge is -2.21. The summed E-state index contributed by atoms with van der Waals surface area (Å²) in [6.07, 6.45) is 2.34. The molecule has 1 aliphatic heterocycles. The highest BCUT2D eigenvalue weighted by Gasteiger charge is 2.30. The van der Waals surface area contributed by atoms with E-state index in [0.29, 0.717) is 0 Å². The average Bonchev–Trinajstić information content (AvgIpc) is 3.15. The molecule has 1 heterocycles. The molecule has 2 nitrogen and oxygen atoms in total. The van der Waals surface area contributed by atoms with Gasteiger partial charge in [-0.25, -0.2) is 0 Å². The molecule has 0 aliphatic carbocycles. The second-order valence-electron chi connectivity index (χ2n) is 7.92. The fourth-order valence-electron chi connectivity index (χ4n) is 4.39. The van der Waals surface area contributed by atoms with E-state index in [0.717, 1.165) is 19.6 Å². The monoisotopic (exact) mass is 369 g/mol. The molecule has 2 heteroatoms. The molecule has 4 rings (SSSR count). The van der Waals surface area contributed by atoms with Gasteiger partial charge in [-0.1, -0.05) is 78.4 Å². The highest BCUT2D eigenvalue weighted by atomic mass is 15.3. The predicted octanol–water partition coefficient (Wildman–Crippen LogP) is 5.26. The number of hydrogen-bond acceptors (Lipinski definition) is 1.